The summed E-state index contributed by atoms with van der Waals surface area (Å²) >= 11 is 5.15. The lowest BCUT2D eigenvalue weighted by Crippen LogP contribution is -2.21. The monoisotopic (exact) mass is 249 g/mol. The number of likely N-dealkylation sites (N-methyl/N-ethyl adjacent to an activating group) is 1. The number of aliphatic hydroxyl groups is 1. The van der Waals surface area contributed by atoms with E-state index >= 15 is 0 Å². The number of thiophene rings is 1. The first-order valence-corrected chi connectivity index (χ1v) is 5.42. The van der Waals surface area contributed by atoms with E-state index < -0.39 is 0 Å². The van der Waals surface area contributed by atoms with Gasteiger partial charge in [-0.05, 0) is 35.5 Å². The quantitative estimate of drug-likeness (QED) is 0.825. The maximum absolute atomic E-state index is 8.74. The predicted octanol–water partition coefficient (Wildman–Crippen LogP) is 1.93. The number of hydrogen-bond donors (Lipinski definition) is 1. The molecular weight excluding hydrogens is 238 g/mol. The van der Waals surface area contributed by atoms with E-state index in [0.717, 1.165) is 17.4 Å². The molecule has 0 atom stereocenters. The van der Waals surface area contributed by atoms with Crippen LogP contribution < -0.4 is 0 Å². The van der Waals surface area contributed by atoms with Crippen LogP contribution in [-0.2, 0) is 6.42 Å². The van der Waals surface area contributed by atoms with Crippen LogP contribution in [0.3, 0.4) is 0 Å². The van der Waals surface area contributed by atoms with Gasteiger partial charge >= 0.3 is 0 Å². The van der Waals surface area contributed by atoms with Crippen molar-refractivity contribution in [2.75, 3.05) is 20.3 Å². The molecule has 0 unspecified atom stereocenters. The molecule has 68 valence electrons. The maximum atomic E-state index is 8.74. The molecule has 0 radical (unpaired) electrons. The van der Waals surface area contributed by atoms with Crippen LogP contribution in [0.5, 0.6) is 0 Å². The summed E-state index contributed by atoms with van der Waals surface area (Å²) in [4.78, 5) is 3.23. The lowest BCUT2D eigenvalue weighted by Gasteiger charge is -2.10. The zero-order valence-corrected chi connectivity index (χ0v) is 9.36. The summed E-state index contributed by atoms with van der Waals surface area (Å²) in [5, 5.41) is 10.8. The molecule has 0 aliphatic rings. The number of halogens is 1. The molecule has 12 heavy (non-hydrogen) atoms. The summed E-state index contributed by atoms with van der Waals surface area (Å²) in [7, 11) is 1.91. The van der Waals surface area contributed by atoms with E-state index in [-0.39, 0.29) is 6.73 Å². The van der Waals surface area contributed by atoms with Crippen LogP contribution in [0, 0.1) is 0 Å². The van der Waals surface area contributed by atoms with Gasteiger partial charge in [0.25, 0.3) is 0 Å². The first-order valence-electron chi connectivity index (χ1n) is 3.74. The average Bonchev–Trinajstić information content (AvgIpc) is 2.47. The molecule has 1 heterocycles. The predicted molar refractivity (Wildman–Crippen MR) is 55.4 cm³/mol. The van der Waals surface area contributed by atoms with Crippen LogP contribution in [0.4, 0.5) is 0 Å². The van der Waals surface area contributed by atoms with E-state index in [1.54, 1.807) is 11.3 Å². The number of aliphatic hydroxyl groups excluding tert-OH is 1. The largest absolute Gasteiger partial charge is 0.381 e. The van der Waals surface area contributed by atoms with E-state index in [1.165, 1.54) is 4.88 Å². The zero-order valence-electron chi connectivity index (χ0n) is 6.96. The van der Waals surface area contributed by atoms with Gasteiger partial charge in [-0.1, -0.05) is 0 Å². The van der Waals surface area contributed by atoms with Gasteiger partial charge in [-0.3, -0.25) is 4.90 Å². The standard InChI is InChI=1S/C8H12BrNOS/c1-10(6-11)3-2-8-4-7(9)5-12-8/h4-5,11H,2-3,6H2,1H3. The molecule has 0 bridgehead atoms. The second-order valence-corrected chi connectivity index (χ2v) is 4.61. The van der Waals surface area contributed by atoms with Crippen LogP contribution in [0.25, 0.3) is 0 Å². The van der Waals surface area contributed by atoms with Gasteiger partial charge < -0.3 is 5.11 Å². The molecule has 1 N–H and O–H groups in total. The third-order valence-corrected chi connectivity index (χ3v) is 3.36. The Morgan fingerprint density at radius 3 is 2.92 bits per heavy atom. The Kier molecular flexibility index (Phi) is 4.21. The molecule has 2 nitrogen and oxygen atoms in total. The number of nitrogens with zero attached hydrogens (tertiary/aromatic N) is 1. The van der Waals surface area contributed by atoms with Gasteiger partial charge in [0.2, 0.25) is 0 Å². The zero-order chi connectivity index (χ0) is 8.97. The fourth-order valence-electron chi connectivity index (χ4n) is 0.857. The highest BCUT2D eigenvalue weighted by Gasteiger charge is 1.99. The van der Waals surface area contributed by atoms with Crippen LogP contribution in [0.1, 0.15) is 4.88 Å². The number of rotatable bonds is 4. The van der Waals surface area contributed by atoms with E-state index in [1.807, 2.05) is 11.9 Å². The molecule has 0 saturated heterocycles. The second kappa shape index (κ2) is 4.97. The van der Waals surface area contributed by atoms with Crippen molar-refractivity contribution in [2.24, 2.45) is 0 Å². The van der Waals surface area contributed by atoms with Gasteiger partial charge in [-0.25, -0.2) is 0 Å². The third-order valence-electron chi connectivity index (χ3n) is 1.60. The summed E-state index contributed by atoms with van der Waals surface area (Å²) in [6, 6.07) is 2.12. The Morgan fingerprint density at radius 2 is 2.42 bits per heavy atom. The van der Waals surface area contributed by atoms with E-state index in [9.17, 15) is 0 Å². The van der Waals surface area contributed by atoms with Crippen LogP contribution >= 0.6 is 27.3 Å². The van der Waals surface area contributed by atoms with Crippen LogP contribution in [0.2, 0.25) is 0 Å². The van der Waals surface area contributed by atoms with Crippen molar-refractivity contribution in [2.45, 2.75) is 6.42 Å². The first-order chi connectivity index (χ1) is 5.72. The van der Waals surface area contributed by atoms with Crippen molar-refractivity contribution in [3.8, 4) is 0 Å². The SMILES string of the molecule is CN(CO)CCc1cc(Br)cs1. The van der Waals surface area contributed by atoms with E-state index in [0.29, 0.717) is 0 Å². The average molecular weight is 250 g/mol. The highest BCUT2D eigenvalue weighted by molar-refractivity contribution is 9.10. The van der Waals surface area contributed by atoms with E-state index in [2.05, 4.69) is 27.4 Å². The van der Waals surface area contributed by atoms with Crippen molar-refractivity contribution < 1.29 is 5.11 Å². The molecule has 0 saturated carbocycles. The smallest absolute Gasteiger partial charge is 0.0954 e. The molecule has 0 aliphatic heterocycles. The van der Waals surface area contributed by atoms with Gasteiger partial charge in [0.05, 0.1) is 6.73 Å². The van der Waals surface area contributed by atoms with Gasteiger partial charge in [0, 0.05) is 21.3 Å². The molecule has 0 fully saturated rings. The van der Waals surface area contributed by atoms with Gasteiger partial charge in [0.15, 0.2) is 0 Å². The highest BCUT2D eigenvalue weighted by atomic mass is 79.9. The van der Waals surface area contributed by atoms with Crippen molar-refractivity contribution in [3.05, 3.63) is 20.8 Å². The minimum absolute atomic E-state index is 0.131. The Bertz CT molecular complexity index is 239. The second-order valence-electron chi connectivity index (χ2n) is 2.70. The Morgan fingerprint density at radius 1 is 1.67 bits per heavy atom. The highest BCUT2D eigenvalue weighted by Crippen LogP contribution is 2.19. The molecule has 0 amide bonds. The summed E-state index contributed by atoms with van der Waals surface area (Å²) in [5.41, 5.74) is 0. The number of hydrogen-bond acceptors (Lipinski definition) is 3. The van der Waals surface area contributed by atoms with Gasteiger partial charge in [0.1, 0.15) is 0 Å². The summed E-state index contributed by atoms with van der Waals surface area (Å²) in [6.45, 7) is 1.04. The van der Waals surface area contributed by atoms with Gasteiger partial charge in [-0.15, -0.1) is 11.3 Å². The molecule has 0 aromatic carbocycles. The topological polar surface area (TPSA) is 23.5 Å². The minimum Gasteiger partial charge on any atom is -0.381 e. The van der Waals surface area contributed by atoms with Crippen molar-refractivity contribution in [3.63, 3.8) is 0 Å². The Labute approximate surface area is 85.0 Å². The molecule has 1 aromatic heterocycles. The van der Waals surface area contributed by atoms with E-state index in [4.69, 9.17) is 5.11 Å². The molecule has 4 heteroatoms. The summed E-state index contributed by atoms with van der Waals surface area (Å²) < 4.78 is 1.15. The Balaban J connectivity index is 2.33. The van der Waals surface area contributed by atoms with Gasteiger partial charge in [-0.2, -0.15) is 0 Å². The molecule has 0 aliphatic carbocycles. The molecule has 1 rings (SSSR count). The fourth-order valence-corrected chi connectivity index (χ4v) is 2.30. The first kappa shape index (κ1) is 10.2. The fraction of sp³-hybridized carbons (Fsp3) is 0.500. The molecule has 0 spiro atoms. The Hall–Kier alpha value is 0.1000. The summed E-state index contributed by atoms with van der Waals surface area (Å²) in [6.07, 6.45) is 1.01. The van der Waals surface area contributed by atoms with Crippen LogP contribution in [0.15, 0.2) is 15.9 Å². The minimum atomic E-state index is 0.131. The third kappa shape index (κ3) is 3.23. The lowest BCUT2D eigenvalue weighted by molar-refractivity contribution is 0.134. The maximum Gasteiger partial charge on any atom is 0.0954 e. The molecule has 1 aromatic rings. The van der Waals surface area contributed by atoms with Crippen LogP contribution in [-0.4, -0.2) is 30.3 Å². The molecular formula is C8H12BrNOS. The van der Waals surface area contributed by atoms with Crippen molar-refractivity contribution in [1.82, 2.24) is 4.90 Å². The van der Waals surface area contributed by atoms with Crippen molar-refractivity contribution >= 4 is 27.3 Å². The lowest BCUT2D eigenvalue weighted by atomic mass is 10.3. The van der Waals surface area contributed by atoms with Crippen molar-refractivity contribution in [1.29, 1.82) is 0 Å². The normalized spacial score (nSPS) is 11.0. The summed E-state index contributed by atoms with van der Waals surface area (Å²) in [5.74, 6) is 0.